The van der Waals surface area contributed by atoms with E-state index in [1.54, 1.807) is 18.2 Å². The summed E-state index contributed by atoms with van der Waals surface area (Å²) in [4.78, 5) is 0.465. The maximum absolute atomic E-state index is 12.4. The van der Waals surface area contributed by atoms with Crippen molar-refractivity contribution < 1.29 is 8.42 Å². The van der Waals surface area contributed by atoms with Crippen molar-refractivity contribution in [3.8, 4) is 0 Å². The maximum Gasteiger partial charge on any atom is 0.243 e. The molecule has 100 valence electrons. The molecule has 1 aromatic carbocycles. The molecule has 0 bridgehead atoms. The fourth-order valence-electron chi connectivity index (χ4n) is 1.63. The first-order chi connectivity index (χ1) is 8.37. The third-order valence-corrected chi connectivity index (χ3v) is 4.40. The number of nitrogens with two attached hydrogens (primary N) is 1. The second-order valence-electron chi connectivity index (χ2n) is 4.12. The Labute approximate surface area is 114 Å². The normalized spacial score (nSPS) is 11.7. The van der Waals surface area contributed by atoms with Crippen LogP contribution < -0.4 is 5.73 Å². The number of thiocarbonyl (C=S) groups is 1. The number of benzene rings is 1. The summed E-state index contributed by atoms with van der Waals surface area (Å²) in [5, 5.41) is 0. The largest absolute Gasteiger partial charge is 0.392 e. The summed E-state index contributed by atoms with van der Waals surface area (Å²) in [5.74, 6) is 0. The summed E-state index contributed by atoms with van der Waals surface area (Å²) in [7, 11) is -3.51. The lowest BCUT2D eigenvalue weighted by molar-refractivity contribution is 0.449. The number of nitrogens with zero attached hydrogens (tertiary/aromatic N) is 1. The van der Waals surface area contributed by atoms with E-state index >= 15 is 0 Å². The molecule has 0 radical (unpaired) electrons. The highest BCUT2D eigenvalue weighted by molar-refractivity contribution is 7.89. The van der Waals surface area contributed by atoms with Crippen LogP contribution in [-0.2, 0) is 10.0 Å². The first-order valence-electron chi connectivity index (χ1n) is 5.73. The minimum atomic E-state index is -3.51. The van der Waals surface area contributed by atoms with Crippen LogP contribution in [0.25, 0.3) is 0 Å². The second-order valence-corrected chi connectivity index (χ2v) is 6.58. The Morgan fingerprint density at radius 1 is 1.44 bits per heavy atom. The molecule has 0 aliphatic rings. The molecule has 2 N–H and O–H groups in total. The van der Waals surface area contributed by atoms with Crippen LogP contribution in [0.1, 0.15) is 18.9 Å². The molecule has 0 saturated carbocycles. The molecular formula is C12H18N2O2S2. The van der Waals surface area contributed by atoms with E-state index in [0.717, 1.165) is 5.56 Å². The minimum absolute atomic E-state index is 0.0828. The topological polar surface area (TPSA) is 63.4 Å². The molecule has 0 fully saturated rings. The SMILES string of the molecule is CCCN(CC(N)=S)S(=O)(=O)c1cccc(C)c1. The van der Waals surface area contributed by atoms with Crippen LogP contribution in [0.3, 0.4) is 0 Å². The molecule has 0 saturated heterocycles. The van der Waals surface area contributed by atoms with Crippen molar-refractivity contribution in [3.63, 3.8) is 0 Å². The van der Waals surface area contributed by atoms with E-state index in [1.807, 2.05) is 19.9 Å². The van der Waals surface area contributed by atoms with Gasteiger partial charge in [0.2, 0.25) is 10.0 Å². The van der Waals surface area contributed by atoms with E-state index in [4.69, 9.17) is 18.0 Å². The summed E-state index contributed by atoms with van der Waals surface area (Å²) < 4.78 is 26.2. The van der Waals surface area contributed by atoms with Gasteiger partial charge in [0, 0.05) is 6.54 Å². The quantitative estimate of drug-likeness (QED) is 0.808. The molecule has 0 spiro atoms. The van der Waals surface area contributed by atoms with Gasteiger partial charge in [-0.3, -0.25) is 0 Å². The van der Waals surface area contributed by atoms with Gasteiger partial charge < -0.3 is 5.73 Å². The Morgan fingerprint density at radius 2 is 2.11 bits per heavy atom. The van der Waals surface area contributed by atoms with Gasteiger partial charge in [-0.2, -0.15) is 4.31 Å². The molecule has 1 rings (SSSR count). The second kappa shape index (κ2) is 6.26. The Hall–Kier alpha value is -0.980. The highest BCUT2D eigenvalue weighted by atomic mass is 32.2. The third kappa shape index (κ3) is 3.76. The van der Waals surface area contributed by atoms with Crippen molar-refractivity contribution in [2.75, 3.05) is 13.1 Å². The lowest BCUT2D eigenvalue weighted by Crippen LogP contribution is -2.38. The van der Waals surface area contributed by atoms with Crippen LogP contribution >= 0.6 is 12.2 Å². The predicted octanol–water partition coefficient (Wildman–Crippen LogP) is 1.68. The Morgan fingerprint density at radius 3 is 2.61 bits per heavy atom. The number of rotatable bonds is 6. The van der Waals surface area contributed by atoms with E-state index in [-0.39, 0.29) is 16.4 Å². The molecule has 0 aliphatic carbocycles. The van der Waals surface area contributed by atoms with E-state index in [0.29, 0.717) is 13.0 Å². The van der Waals surface area contributed by atoms with Gasteiger partial charge in [-0.25, -0.2) is 8.42 Å². The fourth-order valence-corrected chi connectivity index (χ4v) is 3.49. The number of hydrogen-bond acceptors (Lipinski definition) is 3. The number of hydrogen-bond donors (Lipinski definition) is 1. The molecule has 0 amide bonds. The molecular weight excluding hydrogens is 268 g/mol. The van der Waals surface area contributed by atoms with Crippen LogP contribution in [0.15, 0.2) is 29.2 Å². The van der Waals surface area contributed by atoms with Gasteiger partial charge in [-0.15, -0.1) is 0 Å². The summed E-state index contributed by atoms with van der Waals surface area (Å²) in [6, 6.07) is 6.83. The average Bonchev–Trinajstić information content (AvgIpc) is 2.28. The maximum atomic E-state index is 12.4. The minimum Gasteiger partial charge on any atom is -0.392 e. The fraction of sp³-hybridized carbons (Fsp3) is 0.417. The molecule has 4 nitrogen and oxygen atoms in total. The van der Waals surface area contributed by atoms with Gasteiger partial charge in [0.1, 0.15) is 0 Å². The standard InChI is InChI=1S/C12H18N2O2S2/c1-3-7-14(9-12(13)17)18(15,16)11-6-4-5-10(2)8-11/h4-6,8H,3,7,9H2,1-2H3,(H2,13,17). The van der Waals surface area contributed by atoms with Gasteiger partial charge in [-0.05, 0) is 31.0 Å². The lowest BCUT2D eigenvalue weighted by Gasteiger charge is -2.21. The van der Waals surface area contributed by atoms with Gasteiger partial charge >= 0.3 is 0 Å². The van der Waals surface area contributed by atoms with Crippen molar-refractivity contribution in [1.29, 1.82) is 0 Å². The van der Waals surface area contributed by atoms with E-state index < -0.39 is 10.0 Å². The zero-order valence-corrected chi connectivity index (χ0v) is 12.2. The van der Waals surface area contributed by atoms with Crippen molar-refractivity contribution in [3.05, 3.63) is 29.8 Å². The molecule has 6 heteroatoms. The summed E-state index contributed by atoms with van der Waals surface area (Å²) in [6.45, 7) is 4.27. The molecule has 18 heavy (non-hydrogen) atoms. The zero-order valence-electron chi connectivity index (χ0n) is 10.6. The summed E-state index contributed by atoms with van der Waals surface area (Å²) >= 11 is 4.80. The summed E-state index contributed by atoms with van der Waals surface area (Å²) in [5.41, 5.74) is 6.36. The molecule has 0 atom stereocenters. The average molecular weight is 286 g/mol. The highest BCUT2D eigenvalue weighted by Crippen LogP contribution is 2.17. The lowest BCUT2D eigenvalue weighted by atomic mass is 10.2. The monoisotopic (exact) mass is 286 g/mol. The van der Waals surface area contributed by atoms with E-state index in [9.17, 15) is 8.42 Å². The van der Waals surface area contributed by atoms with Crippen molar-refractivity contribution >= 4 is 27.2 Å². The van der Waals surface area contributed by atoms with Gasteiger partial charge in [0.15, 0.2) is 0 Å². The van der Waals surface area contributed by atoms with Gasteiger partial charge in [-0.1, -0.05) is 31.3 Å². The Kier molecular flexibility index (Phi) is 5.25. The molecule has 0 heterocycles. The van der Waals surface area contributed by atoms with Gasteiger partial charge in [0.05, 0.1) is 16.4 Å². The van der Waals surface area contributed by atoms with E-state index in [2.05, 4.69) is 0 Å². The number of sulfonamides is 1. The first-order valence-corrected chi connectivity index (χ1v) is 7.58. The van der Waals surface area contributed by atoms with Crippen molar-refractivity contribution in [2.45, 2.75) is 25.2 Å². The molecule has 0 aliphatic heterocycles. The van der Waals surface area contributed by atoms with Crippen LogP contribution in [-0.4, -0.2) is 30.8 Å². The van der Waals surface area contributed by atoms with Crippen LogP contribution in [0, 0.1) is 6.92 Å². The van der Waals surface area contributed by atoms with Crippen molar-refractivity contribution in [2.24, 2.45) is 5.73 Å². The van der Waals surface area contributed by atoms with Gasteiger partial charge in [0.25, 0.3) is 0 Å². The van der Waals surface area contributed by atoms with Crippen molar-refractivity contribution in [1.82, 2.24) is 4.31 Å². The number of aryl methyl sites for hydroxylation is 1. The smallest absolute Gasteiger partial charge is 0.243 e. The van der Waals surface area contributed by atoms with Crippen LogP contribution in [0.2, 0.25) is 0 Å². The van der Waals surface area contributed by atoms with Crippen LogP contribution in [0.5, 0.6) is 0 Å². The third-order valence-electron chi connectivity index (χ3n) is 2.43. The molecule has 0 aromatic heterocycles. The highest BCUT2D eigenvalue weighted by Gasteiger charge is 2.24. The summed E-state index contributed by atoms with van der Waals surface area (Å²) in [6.07, 6.45) is 0.716. The first kappa shape index (κ1) is 15.1. The Bertz CT molecular complexity index is 527. The van der Waals surface area contributed by atoms with Crippen LogP contribution in [0.4, 0.5) is 0 Å². The Balaban J connectivity index is 3.12. The predicted molar refractivity (Wildman–Crippen MR) is 77.0 cm³/mol. The molecule has 0 unspecified atom stereocenters. The zero-order chi connectivity index (χ0) is 13.8. The molecule has 1 aromatic rings. The van der Waals surface area contributed by atoms with E-state index in [1.165, 1.54) is 4.31 Å².